The van der Waals surface area contributed by atoms with E-state index >= 15 is 0 Å². The highest BCUT2D eigenvalue weighted by Crippen LogP contribution is 2.41. The molecule has 27 heavy (non-hydrogen) atoms. The van der Waals surface area contributed by atoms with Gasteiger partial charge in [-0.15, -0.1) is 0 Å². The summed E-state index contributed by atoms with van der Waals surface area (Å²) in [6.45, 7) is 2.23. The van der Waals surface area contributed by atoms with Crippen LogP contribution in [0.1, 0.15) is 24.9 Å². The third-order valence-electron chi connectivity index (χ3n) is 4.31. The van der Waals surface area contributed by atoms with Gasteiger partial charge in [-0.25, -0.2) is 0 Å². The van der Waals surface area contributed by atoms with E-state index in [0.29, 0.717) is 47.3 Å². The van der Waals surface area contributed by atoms with Crippen molar-refractivity contribution in [3.8, 4) is 11.5 Å². The lowest BCUT2D eigenvalue weighted by atomic mass is 10.1. The van der Waals surface area contributed by atoms with Gasteiger partial charge in [-0.2, -0.15) is 0 Å². The number of fused-ring (bicyclic) bond motifs is 1. The zero-order valence-electron chi connectivity index (χ0n) is 15.2. The summed E-state index contributed by atoms with van der Waals surface area (Å²) in [4.78, 5) is 25.9. The number of para-hydroxylation sites is 3. The number of anilines is 1. The van der Waals surface area contributed by atoms with Crippen molar-refractivity contribution >= 4 is 29.1 Å². The van der Waals surface area contributed by atoms with Gasteiger partial charge in [0.2, 0.25) is 5.91 Å². The standard InChI is InChI=1S/C20H21ClN2O4/c1-13(24)22-18-14-7-5-8-15(21)19(14)23(20(18)25)11-6-12-27-17-10-4-3-9-16(17)26-2/h3-5,7-10,18H,6,11-12H2,1-2H3,(H,22,24). The average molecular weight is 389 g/mol. The Kier molecular flexibility index (Phi) is 5.86. The highest BCUT2D eigenvalue weighted by atomic mass is 35.5. The van der Waals surface area contributed by atoms with E-state index in [1.165, 1.54) is 6.92 Å². The van der Waals surface area contributed by atoms with Gasteiger partial charge in [0.15, 0.2) is 11.5 Å². The number of nitrogens with one attached hydrogen (secondary N) is 1. The second kappa shape index (κ2) is 8.31. The molecule has 0 radical (unpaired) electrons. The molecule has 0 aromatic heterocycles. The van der Waals surface area contributed by atoms with Crippen LogP contribution in [0.2, 0.25) is 5.02 Å². The number of benzene rings is 2. The Bertz CT molecular complexity index is 856. The molecule has 2 aromatic carbocycles. The van der Waals surface area contributed by atoms with Gasteiger partial charge in [0.25, 0.3) is 5.91 Å². The number of halogens is 1. The number of methoxy groups -OCH3 is 1. The van der Waals surface area contributed by atoms with E-state index in [4.69, 9.17) is 21.1 Å². The first kappa shape index (κ1) is 19.0. The van der Waals surface area contributed by atoms with Crippen LogP contribution in [0.4, 0.5) is 5.69 Å². The molecule has 0 spiro atoms. The van der Waals surface area contributed by atoms with Crippen molar-refractivity contribution in [2.75, 3.05) is 25.2 Å². The molecule has 1 heterocycles. The van der Waals surface area contributed by atoms with Crippen LogP contribution in [0.3, 0.4) is 0 Å². The van der Waals surface area contributed by atoms with E-state index in [2.05, 4.69) is 5.32 Å². The van der Waals surface area contributed by atoms with E-state index in [9.17, 15) is 9.59 Å². The minimum absolute atomic E-state index is 0.189. The first-order valence-corrected chi connectivity index (χ1v) is 9.03. The molecule has 1 atom stereocenters. The summed E-state index contributed by atoms with van der Waals surface area (Å²) < 4.78 is 11.0. The monoisotopic (exact) mass is 388 g/mol. The third-order valence-corrected chi connectivity index (χ3v) is 4.62. The van der Waals surface area contributed by atoms with Crippen LogP contribution in [0.15, 0.2) is 42.5 Å². The smallest absolute Gasteiger partial charge is 0.254 e. The quantitative estimate of drug-likeness (QED) is 0.739. The molecule has 0 aliphatic carbocycles. The number of ether oxygens (including phenoxy) is 2. The summed E-state index contributed by atoms with van der Waals surface area (Å²) in [5.74, 6) is 0.863. The van der Waals surface area contributed by atoms with Gasteiger partial charge in [-0.3, -0.25) is 9.59 Å². The zero-order chi connectivity index (χ0) is 19.4. The summed E-state index contributed by atoms with van der Waals surface area (Å²) in [6, 6.07) is 12.0. The van der Waals surface area contributed by atoms with Gasteiger partial charge in [-0.1, -0.05) is 35.9 Å². The minimum Gasteiger partial charge on any atom is -0.493 e. The summed E-state index contributed by atoms with van der Waals surface area (Å²) in [5.41, 5.74) is 1.37. The Morgan fingerprint density at radius 1 is 1.19 bits per heavy atom. The first-order chi connectivity index (χ1) is 13.0. The van der Waals surface area contributed by atoms with Gasteiger partial charge >= 0.3 is 0 Å². The molecular weight excluding hydrogens is 368 g/mol. The SMILES string of the molecule is COc1ccccc1OCCCN1C(=O)C(NC(C)=O)c2cccc(Cl)c21. The molecule has 1 aliphatic rings. The Balaban J connectivity index is 1.68. The summed E-state index contributed by atoms with van der Waals surface area (Å²) >= 11 is 6.33. The fourth-order valence-corrected chi connectivity index (χ4v) is 3.44. The van der Waals surface area contributed by atoms with E-state index in [0.717, 1.165) is 0 Å². The maximum absolute atomic E-state index is 12.8. The third kappa shape index (κ3) is 4.01. The summed E-state index contributed by atoms with van der Waals surface area (Å²) in [5, 5.41) is 3.19. The van der Waals surface area contributed by atoms with Crippen LogP contribution >= 0.6 is 11.6 Å². The molecule has 2 aromatic rings. The van der Waals surface area contributed by atoms with Gasteiger partial charge in [-0.05, 0) is 24.6 Å². The van der Waals surface area contributed by atoms with Crippen LogP contribution in [-0.4, -0.2) is 32.1 Å². The number of nitrogens with zero attached hydrogens (tertiary/aromatic N) is 1. The van der Waals surface area contributed by atoms with Crippen molar-refractivity contribution < 1.29 is 19.1 Å². The maximum Gasteiger partial charge on any atom is 0.254 e. The van der Waals surface area contributed by atoms with E-state index in [1.54, 1.807) is 24.1 Å². The fraction of sp³-hybridized carbons (Fsp3) is 0.300. The van der Waals surface area contributed by atoms with Crippen molar-refractivity contribution in [1.29, 1.82) is 0 Å². The Labute approximate surface area is 163 Å². The molecule has 0 saturated heterocycles. The molecule has 0 saturated carbocycles. The van der Waals surface area contributed by atoms with Crippen molar-refractivity contribution in [1.82, 2.24) is 5.32 Å². The first-order valence-electron chi connectivity index (χ1n) is 8.65. The molecule has 1 unspecified atom stereocenters. The van der Waals surface area contributed by atoms with Crippen molar-refractivity contribution in [3.05, 3.63) is 53.1 Å². The summed E-state index contributed by atoms with van der Waals surface area (Å²) in [6.07, 6.45) is 0.598. The highest BCUT2D eigenvalue weighted by Gasteiger charge is 2.38. The Hall–Kier alpha value is -2.73. The lowest BCUT2D eigenvalue weighted by molar-refractivity contribution is -0.126. The molecule has 1 aliphatic heterocycles. The van der Waals surface area contributed by atoms with E-state index < -0.39 is 6.04 Å². The van der Waals surface area contributed by atoms with Crippen molar-refractivity contribution in [2.45, 2.75) is 19.4 Å². The number of hydrogen-bond acceptors (Lipinski definition) is 4. The topological polar surface area (TPSA) is 67.9 Å². The van der Waals surface area contributed by atoms with Crippen molar-refractivity contribution in [3.63, 3.8) is 0 Å². The second-order valence-electron chi connectivity index (χ2n) is 6.15. The number of carbonyl (C=O) groups excluding carboxylic acids is 2. The maximum atomic E-state index is 12.8. The minimum atomic E-state index is -0.702. The molecule has 7 heteroatoms. The Morgan fingerprint density at radius 2 is 1.93 bits per heavy atom. The normalized spacial score (nSPS) is 15.4. The number of hydrogen-bond donors (Lipinski definition) is 1. The average Bonchev–Trinajstić information content (AvgIpc) is 2.92. The van der Waals surface area contributed by atoms with Gasteiger partial charge < -0.3 is 19.7 Å². The number of carbonyl (C=O) groups is 2. The molecule has 0 bridgehead atoms. The predicted molar refractivity (Wildman–Crippen MR) is 103 cm³/mol. The van der Waals surface area contributed by atoms with Crippen LogP contribution < -0.4 is 19.7 Å². The van der Waals surface area contributed by atoms with Gasteiger partial charge in [0.05, 0.1) is 24.4 Å². The molecule has 3 rings (SSSR count). The molecule has 6 nitrogen and oxygen atoms in total. The lowest BCUT2D eigenvalue weighted by Crippen LogP contribution is -2.37. The van der Waals surface area contributed by atoms with E-state index in [1.807, 2.05) is 30.3 Å². The number of rotatable bonds is 7. The van der Waals surface area contributed by atoms with Gasteiger partial charge in [0, 0.05) is 19.0 Å². The van der Waals surface area contributed by atoms with Crippen LogP contribution in [0, 0.1) is 0 Å². The molecule has 142 valence electrons. The van der Waals surface area contributed by atoms with Crippen LogP contribution in [-0.2, 0) is 9.59 Å². The fourth-order valence-electron chi connectivity index (χ4n) is 3.16. The predicted octanol–water partition coefficient (Wildman–Crippen LogP) is 3.34. The zero-order valence-corrected chi connectivity index (χ0v) is 16.0. The molecule has 2 amide bonds. The second-order valence-corrected chi connectivity index (χ2v) is 6.56. The van der Waals surface area contributed by atoms with Gasteiger partial charge in [0.1, 0.15) is 6.04 Å². The largest absolute Gasteiger partial charge is 0.493 e. The lowest BCUT2D eigenvalue weighted by Gasteiger charge is -2.19. The summed E-state index contributed by atoms with van der Waals surface area (Å²) in [7, 11) is 1.59. The highest BCUT2D eigenvalue weighted by molar-refractivity contribution is 6.34. The van der Waals surface area contributed by atoms with Crippen LogP contribution in [0.25, 0.3) is 0 Å². The molecular formula is C20H21ClN2O4. The number of amides is 2. The Morgan fingerprint density at radius 3 is 2.63 bits per heavy atom. The molecule has 1 N–H and O–H groups in total. The van der Waals surface area contributed by atoms with Crippen LogP contribution in [0.5, 0.6) is 11.5 Å². The van der Waals surface area contributed by atoms with Crippen molar-refractivity contribution in [2.24, 2.45) is 0 Å². The molecule has 0 fully saturated rings. The van der Waals surface area contributed by atoms with E-state index in [-0.39, 0.29) is 11.8 Å².